The first-order valence-electron chi connectivity index (χ1n) is 3.31. The van der Waals surface area contributed by atoms with Gasteiger partial charge in [0.2, 0.25) is 0 Å². The van der Waals surface area contributed by atoms with Crippen molar-refractivity contribution in [2.75, 3.05) is 0 Å². The molecule has 0 aliphatic rings. The van der Waals surface area contributed by atoms with Crippen molar-refractivity contribution < 1.29 is 14.3 Å². The van der Waals surface area contributed by atoms with Gasteiger partial charge in [0.1, 0.15) is 0 Å². The van der Waals surface area contributed by atoms with Crippen molar-refractivity contribution in [3.8, 4) is 0 Å². The third kappa shape index (κ3) is 2.76. The second kappa shape index (κ2) is 4.31. The summed E-state index contributed by atoms with van der Waals surface area (Å²) >= 11 is 1.79. The van der Waals surface area contributed by atoms with Crippen molar-refractivity contribution in [3.63, 3.8) is 0 Å². The summed E-state index contributed by atoms with van der Waals surface area (Å²) in [6.07, 6.45) is 4.74. The monoisotopic (exact) mass is 293 g/mol. The summed E-state index contributed by atoms with van der Waals surface area (Å²) in [7, 11) is 0. The first-order valence-corrected chi connectivity index (χ1v) is 4.39. The lowest BCUT2D eigenvalue weighted by atomic mass is 10.2. The van der Waals surface area contributed by atoms with E-state index in [0.717, 1.165) is 12.3 Å². The number of halogens is 2. The predicted molar refractivity (Wildman–Crippen MR) is 53.6 cm³/mol. The summed E-state index contributed by atoms with van der Waals surface area (Å²) in [6.45, 7) is 0. The molecule has 0 spiro atoms. The molecule has 13 heavy (non-hydrogen) atoms. The van der Waals surface area contributed by atoms with Crippen molar-refractivity contribution in [1.29, 1.82) is 0 Å². The number of hydrogen-bond acceptors (Lipinski definition) is 2. The van der Waals surface area contributed by atoms with E-state index < -0.39 is 11.8 Å². The maximum absolute atomic E-state index is 12.9. The highest BCUT2D eigenvalue weighted by Gasteiger charge is 2.02. The molecular formula is C8H5FINO2. The molecule has 0 radical (unpaired) electrons. The van der Waals surface area contributed by atoms with Crippen molar-refractivity contribution in [2.24, 2.45) is 0 Å². The number of carboxylic acid groups (broad SMARTS) is 1. The third-order valence-electron chi connectivity index (χ3n) is 1.27. The molecule has 1 heterocycles. The van der Waals surface area contributed by atoms with Crippen LogP contribution < -0.4 is 0 Å². The Morgan fingerprint density at radius 1 is 1.62 bits per heavy atom. The molecule has 3 nitrogen and oxygen atoms in total. The standard InChI is InChI=1S/C8H5FINO2/c9-6-4-11-3-5(8(6)10)1-2-7(12)13/h1-4H,(H,12,13)/b2-1+. The number of carboxylic acids is 1. The van der Waals surface area contributed by atoms with E-state index >= 15 is 0 Å². The minimum Gasteiger partial charge on any atom is -0.478 e. The normalized spacial score (nSPS) is 10.6. The fourth-order valence-electron chi connectivity index (χ4n) is 0.712. The lowest BCUT2D eigenvalue weighted by Crippen LogP contribution is -1.90. The molecule has 0 saturated carbocycles. The van der Waals surface area contributed by atoms with E-state index in [2.05, 4.69) is 4.98 Å². The topological polar surface area (TPSA) is 50.2 Å². The Bertz CT molecular complexity index is 365. The van der Waals surface area contributed by atoms with Gasteiger partial charge in [-0.15, -0.1) is 0 Å². The number of aromatic nitrogens is 1. The molecule has 0 fully saturated rings. The molecule has 1 rings (SSSR count). The second-order valence-corrected chi connectivity index (χ2v) is 3.27. The fourth-order valence-corrected chi connectivity index (χ4v) is 1.17. The van der Waals surface area contributed by atoms with Crippen LogP contribution >= 0.6 is 22.6 Å². The van der Waals surface area contributed by atoms with Crippen LogP contribution in [0.2, 0.25) is 0 Å². The first kappa shape index (κ1) is 10.1. The Morgan fingerprint density at radius 2 is 2.31 bits per heavy atom. The zero-order valence-corrected chi connectivity index (χ0v) is 8.53. The second-order valence-electron chi connectivity index (χ2n) is 2.20. The smallest absolute Gasteiger partial charge is 0.328 e. The van der Waals surface area contributed by atoms with E-state index in [1.807, 2.05) is 0 Å². The number of aliphatic carboxylic acids is 1. The Labute approximate surface area is 87.4 Å². The SMILES string of the molecule is O=C(O)/C=C/c1cncc(F)c1I. The third-order valence-corrected chi connectivity index (χ3v) is 2.41. The average Bonchev–Trinajstić information content (AvgIpc) is 2.07. The quantitative estimate of drug-likeness (QED) is 0.669. The summed E-state index contributed by atoms with van der Waals surface area (Å²) in [5, 5.41) is 8.33. The van der Waals surface area contributed by atoms with Crippen LogP contribution in [-0.4, -0.2) is 16.1 Å². The lowest BCUT2D eigenvalue weighted by Gasteiger charge is -1.97. The molecule has 0 aliphatic carbocycles. The molecule has 0 bridgehead atoms. The van der Waals surface area contributed by atoms with Crippen LogP contribution in [-0.2, 0) is 4.79 Å². The van der Waals surface area contributed by atoms with Gasteiger partial charge in [0.05, 0.1) is 9.77 Å². The molecule has 0 atom stereocenters. The Hall–Kier alpha value is -0.980. The van der Waals surface area contributed by atoms with Crippen molar-refractivity contribution >= 4 is 34.6 Å². The van der Waals surface area contributed by atoms with E-state index in [9.17, 15) is 9.18 Å². The maximum Gasteiger partial charge on any atom is 0.328 e. The number of nitrogens with zero attached hydrogens (tertiary/aromatic N) is 1. The van der Waals surface area contributed by atoms with Gasteiger partial charge in [0, 0.05) is 17.8 Å². The lowest BCUT2D eigenvalue weighted by molar-refractivity contribution is -0.131. The Morgan fingerprint density at radius 3 is 2.92 bits per heavy atom. The number of carbonyl (C=O) groups is 1. The summed E-state index contributed by atoms with van der Waals surface area (Å²) in [4.78, 5) is 13.8. The summed E-state index contributed by atoms with van der Waals surface area (Å²) in [5.74, 6) is -1.52. The Kier molecular flexibility index (Phi) is 3.35. The van der Waals surface area contributed by atoms with E-state index in [0.29, 0.717) is 9.13 Å². The molecular weight excluding hydrogens is 288 g/mol. The average molecular weight is 293 g/mol. The maximum atomic E-state index is 12.9. The van der Waals surface area contributed by atoms with Gasteiger partial charge in [-0.3, -0.25) is 4.98 Å². The molecule has 0 aromatic carbocycles. The van der Waals surface area contributed by atoms with Crippen molar-refractivity contribution in [2.45, 2.75) is 0 Å². The molecule has 1 aromatic heterocycles. The van der Waals surface area contributed by atoms with Crippen molar-refractivity contribution in [1.82, 2.24) is 4.98 Å². The molecule has 0 amide bonds. The van der Waals surface area contributed by atoms with E-state index in [1.54, 1.807) is 22.6 Å². The van der Waals surface area contributed by atoms with E-state index in [1.165, 1.54) is 12.3 Å². The minimum atomic E-state index is -1.07. The largest absolute Gasteiger partial charge is 0.478 e. The zero-order valence-electron chi connectivity index (χ0n) is 6.37. The van der Waals surface area contributed by atoms with Gasteiger partial charge in [-0.05, 0) is 28.7 Å². The molecule has 0 saturated heterocycles. The summed E-state index contributed by atoms with van der Waals surface area (Å²) in [6, 6.07) is 0. The van der Waals surface area contributed by atoms with Crippen molar-refractivity contribution in [3.05, 3.63) is 33.4 Å². The van der Waals surface area contributed by atoms with E-state index in [4.69, 9.17) is 5.11 Å². The van der Waals surface area contributed by atoms with Crippen LogP contribution in [0.4, 0.5) is 4.39 Å². The zero-order chi connectivity index (χ0) is 9.84. The van der Waals surface area contributed by atoms with Gasteiger partial charge >= 0.3 is 5.97 Å². The molecule has 0 unspecified atom stereocenters. The van der Waals surface area contributed by atoms with Crippen LogP contribution in [0.25, 0.3) is 6.08 Å². The highest BCUT2D eigenvalue weighted by atomic mass is 127. The number of hydrogen-bond donors (Lipinski definition) is 1. The van der Waals surface area contributed by atoms with Gasteiger partial charge in [0.25, 0.3) is 0 Å². The fraction of sp³-hybridized carbons (Fsp3) is 0. The van der Waals surface area contributed by atoms with Gasteiger partial charge in [-0.2, -0.15) is 0 Å². The number of pyridine rings is 1. The van der Waals surface area contributed by atoms with Crippen LogP contribution in [0.5, 0.6) is 0 Å². The molecule has 1 aromatic rings. The molecule has 0 aliphatic heterocycles. The molecule has 5 heteroatoms. The summed E-state index contributed by atoms with van der Waals surface area (Å²) < 4.78 is 13.2. The van der Waals surface area contributed by atoms with Gasteiger partial charge in [0.15, 0.2) is 5.82 Å². The highest BCUT2D eigenvalue weighted by Crippen LogP contribution is 2.15. The predicted octanol–water partition coefficient (Wildman–Crippen LogP) is 1.92. The van der Waals surface area contributed by atoms with Gasteiger partial charge in [-0.1, -0.05) is 0 Å². The first-order chi connectivity index (χ1) is 6.11. The highest BCUT2D eigenvalue weighted by molar-refractivity contribution is 14.1. The molecule has 68 valence electrons. The summed E-state index contributed by atoms with van der Waals surface area (Å²) in [5.41, 5.74) is 0.461. The minimum absolute atomic E-state index is 0.366. The van der Waals surface area contributed by atoms with Crippen LogP contribution in [0.1, 0.15) is 5.56 Å². The van der Waals surface area contributed by atoms with Gasteiger partial charge in [-0.25, -0.2) is 9.18 Å². The van der Waals surface area contributed by atoms with E-state index in [-0.39, 0.29) is 0 Å². The Balaban J connectivity index is 3.02. The number of rotatable bonds is 2. The van der Waals surface area contributed by atoms with Gasteiger partial charge < -0.3 is 5.11 Å². The van der Waals surface area contributed by atoms with Crippen LogP contribution in [0, 0.1) is 9.39 Å². The molecule has 1 N–H and O–H groups in total. The van der Waals surface area contributed by atoms with Crippen LogP contribution in [0.15, 0.2) is 18.5 Å². The van der Waals surface area contributed by atoms with Crippen LogP contribution in [0.3, 0.4) is 0 Å².